The van der Waals surface area contributed by atoms with Crippen LogP contribution in [0.3, 0.4) is 0 Å². The predicted octanol–water partition coefficient (Wildman–Crippen LogP) is 3.03. The zero-order valence-electron chi connectivity index (χ0n) is 13.6. The fourth-order valence-corrected chi connectivity index (χ4v) is 2.99. The summed E-state index contributed by atoms with van der Waals surface area (Å²) in [5.41, 5.74) is 2.84. The number of benzene rings is 1. The van der Waals surface area contributed by atoms with Gasteiger partial charge in [-0.15, -0.1) is 11.3 Å². The fraction of sp³-hybridized carbons (Fsp3) is 0.235. The molecule has 0 fully saturated rings. The van der Waals surface area contributed by atoms with Crippen molar-refractivity contribution in [1.29, 1.82) is 0 Å². The van der Waals surface area contributed by atoms with Gasteiger partial charge in [0.15, 0.2) is 0 Å². The number of carbonyl (C=O) groups is 1. The van der Waals surface area contributed by atoms with E-state index < -0.39 is 0 Å². The smallest absolute Gasteiger partial charge is 0.274 e. The molecule has 124 valence electrons. The highest BCUT2D eigenvalue weighted by Gasteiger charge is 2.17. The highest BCUT2D eigenvalue weighted by Crippen LogP contribution is 2.29. The van der Waals surface area contributed by atoms with Crippen molar-refractivity contribution < 1.29 is 9.53 Å². The van der Waals surface area contributed by atoms with E-state index in [1.807, 2.05) is 13.8 Å². The summed E-state index contributed by atoms with van der Waals surface area (Å²) in [6, 6.07) is 6.78. The molecule has 0 radical (unpaired) electrons. The summed E-state index contributed by atoms with van der Waals surface area (Å²) in [5, 5.41) is 2.67. The summed E-state index contributed by atoms with van der Waals surface area (Å²) in [5.74, 6) is 0.0675. The largest absolute Gasteiger partial charge is 0.490 e. The second-order valence-corrected chi connectivity index (χ2v) is 6.51. The Morgan fingerprint density at radius 1 is 1.38 bits per heavy atom. The Morgan fingerprint density at radius 3 is 2.92 bits per heavy atom. The van der Waals surface area contributed by atoms with Crippen molar-refractivity contribution in [1.82, 2.24) is 9.55 Å². The molecule has 0 aliphatic carbocycles. The summed E-state index contributed by atoms with van der Waals surface area (Å²) in [6.07, 6.45) is 1.55. The standard InChI is InChI=1S/C17H17N3O3S/c1-10(2)23-14-8-13-15(24-9-18-13)7-11(14)16(21)19-12-5-4-6-20(3)17(12)22/h4-10H,1-3H3,(H,19,21). The molecule has 1 aromatic carbocycles. The van der Waals surface area contributed by atoms with E-state index in [0.29, 0.717) is 11.3 Å². The van der Waals surface area contributed by atoms with Gasteiger partial charge in [-0.2, -0.15) is 0 Å². The molecule has 1 amide bonds. The number of pyridine rings is 1. The van der Waals surface area contributed by atoms with Crippen LogP contribution in [-0.4, -0.2) is 21.6 Å². The van der Waals surface area contributed by atoms with Gasteiger partial charge in [0.2, 0.25) is 0 Å². The Hall–Kier alpha value is -2.67. The number of nitrogens with zero attached hydrogens (tertiary/aromatic N) is 2. The molecule has 0 bridgehead atoms. The van der Waals surface area contributed by atoms with E-state index in [2.05, 4.69) is 10.3 Å². The first-order chi connectivity index (χ1) is 11.5. The third-order valence-corrected chi connectivity index (χ3v) is 4.20. The monoisotopic (exact) mass is 343 g/mol. The Morgan fingerprint density at radius 2 is 2.17 bits per heavy atom. The van der Waals surface area contributed by atoms with Crippen LogP contribution in [0.25, 0.3) is 10.2 Å². The lowest BCUT2D eigenvalue weighted by Crippen LogP contribution is -2.24. The van der Waals surface area contributed by atoms with Gasteiger partial charge in [0.05, 0.1) is 27.4 Å². The second kappa shape index (κ2) is 6.45. The summed E-state index contributed by atoms with van der Waals surface area (Å²) in [4.78, 5) is 29.0. The van der Waals surface area contributed by atoms with Gasteiger partial charge in [-0.1, -0.05) is 0 Å². The van der Waals surface area contributed by atoms with Crippen molar-refractivity contribution in [3.8, 4) is 5.75 Å². The van der Waals surface area contributed by atoms with Crippen molar-refractivity contribution in [3.63, 3.8) is 0 Å². The van der Waals surface area contributed by atoms with Crippen molar-refractivity contribution >= 4 is 33.1 Å². The first kappa shape index (κ1) is 16.2. The molecule has 0 saturated heterocycles. The van der Waals surface area contributed by atoms with E-state index in [1.54, 1.807) is 43.0 Å². The van der Waals surface area contributed by atoms with Crippen LogP contribution in [0.5, 0.6) is 5.75 Å². The van der Waals surface area contributed by atoms with Crippen LogP contribution in [0, 0.1) is 0 Å². The summed E-state index contributed by atoms with van der Waals surface area (Å²) >= 11 is 1.45. The van der Waals surface area contributed by atoms with Crippen LogP contribution in [0.2, 0.25) is 0 Å². The quantitative estimate of drug-likeness (QED) is 0.790. The number of hydrogen-bond donors (Lipinski definition) is 1. The maximum atomic E-state index is 12.7. The summed E-state index contributed by atoms with van der Waals surface area (Å²) < 4.78 is 8.05. The minimum absolute atomic E-state index is 0.0859. The van der Waals surface area contributed by atoms with Gasteiger partial charge in [0, 0.05) is 19.3 Å². The predicted molar refractivity (Wildman–Crippen MR) is 95.0 cm³/mol. The average molecular weight is 343 g/mol. The molecule has 24 heavy (non-hydrogen) atoms. The van der Waals surface area contributed by atoms with Gasteiger partial charge in [-0.25, -0.2) is 4.98 Å². The molecule has 0 unspecified atom stereocenters. The van der Waals surface area contributed by atoms with Crippen LogP contribution in [0.4, 0.5) is 5.69 Å². The first-order valence-electron chi connectivity index (χ1n) is 7.46. The van der Waals surface area contributed by atoms with E-state index >= 15 is 0 Å². The molecule has 2 aromatic heterocycles. The van der Waals surface area contributed by atoms with E-state index in [1.165, 1.54) is 15.9 Å². The zero-order valence-corrected chi connectivity index (χ0v) is 14.4. The number of thiazole rings is 1. The highest BCUT2D eigenvalue weighted by atomic mass is 32.1. The zero-order chi connectivity index (χ0) is 17.3. The third kappa shape index (κ3) is 3.16. The van der Waals surface area contributed by atoms with Crippen LogP contribution in [-0.2, 0) is 7.05 Å². The Labute approximate surface area is 142 Å². The topological polar surface area (TPSA) is 73.2 Å². The van der Waals surface area contributed by atoms with Crippen molar-refractivity contribution in [3.05, 3.63) is 51.9 Å². The minimum atomic E-state index is -0.385. The molecule has 6 nitrogen and oxygen atoms in total. The molecule has 2 heterocycles. The molecule has 1 N–H and O–H groups in total. The van der Waals surface area contributed by atoms with E-state index in [4.69, 9.17) is 4.74 Å². The molecular weight excluding hydrogens is 326 g/mol. The Balaban J connectivity index is 2.01. The van der Waals surface area contributed by atoms with Gasteiger partial charge in [0.1, 0.15) is 11.4 Å². The van der Waals surface area contributed by atoms with Crippen LogP contribution >= 0.6 is 11.3 Å². The number of aryl methyl sites for hydroxylation is 1. The Kier molecular flexibility index (Phi) is 4.35. The molecular formula is C17H17N3O3S. The molecule has 0 saturated carbocycles. The molecule has 3 aromatic rings. The van der Waals surface area contributed by atoms with Crippen LogP contribution in [0.15, 0.2) is 40.8 Å². The normalized spacial score (nSPS) is 11.0. The SMILES string of the molecule is CC(C)Oc1cc2ncsc2cc1C(=O)Nc1cccn(C)c1=O. The molecule has 0 spiro atoms. The maximum Gasteiger partial charge on any atom is 0.274 e. The van der Waals surface area contributed by atoms with Crippen molar-refractivity contribution in [2.24, 2.45) is 7.05 Å². The number of hydrogen-bond acceptors (Lipinski definition) is 5. The lowest BCUT2D eigenvalue weighted by molar-refractivity contribution is 0.102. The number of anilines is 1. The van der Waals surface area contributed by atoms with Crippen molar-refractivity contribution in [2.45, 2.75) is 20.0 Å². The third-order valence-electron chi connectivity index (χ3n) is 3.41. The van der Waals surface area contributed by atoms with E-state index in [0.717, 1.165) is 10.2 Å². The minimum Gasteiger partial charge on any atom is -0.490 e. The number of amides is 1. The van der Waals surface area contributed by atoms with Crippen LogP contribution in [0.1, 0.15) is 24.2 Å². The molecule has 0 atom stereocenters. The summed E-state index contributed by atoms with van der Waals surface area (Å²) in [6.45, 7) is 3.78. The highest BCUT2D eigenvalue weighted by molar-refractivity contribution is 7.16. The number of aromatic nitrogens is 2. The van der Waals surface area contributed by atoms with Gasteiger partial charge in [-0.05, 0) is 32.0 Å². The van der Waals surface area contributed by atoms with Crippen LogP contribution < -0.4 is 15.6 Å². The van der Waals surface area contributed by atoms with Gasteiger partial charge < -0.3 is 14.6 Å². The first-order valence-corrected chi connectivity index (χ1v) is 8.34. The molecule has 7 heteroatoms. The number of carbonyl (C=O) groups excluding carboxylic acids is 1. The lowest BCUT2D eigenvalue weighted by Gasteiger charge is -2.14. The van der Waals surface area contributed by atoms with Crippen molar-refractivity contribution in [2.75, 3.05) is 5.32 Å². The van der Waals surface area contributed by atoms with E-state index in [9.17, 15) is 9.59 Å². The second-order valence-electron chi connectivity index (χ2n) is 5.63. The maximum absolute atomic E-state index is 12.7. The Bertz CT molecular complexity index is 959. The number of rotatable bonds is 4. The number of fused-ring (bicyclic) bond motifs is 1. The average Bonchev–Trinajstić information content (AvgIpc) is 2.97. The fourth-order valence-electron chi connectivity index (χ4n) is 2.30. The lowest BCUT2D eigenvalue weighted by atomic mass is 10.1. The molecule has 0 aliphatic heterocycles. The summed E-state index contributed by atoms with van der Waals surface area (Å²) in [7, 11) is 1.63. The van der Waals surface area contributed by atoms with Gasteiger partial charge >= 0.3 is 0 Å². The number of nitrogens with one attached hydrogen (secondary N) is 1. The number of ether oxygens (including phenoxy) is 1. The molecule has 3 rings (SSSR count). The molecule has 0 aliphatic rings. The van der Waals surface area contributed by atoms with E-state index in [-0.39, 0.29) is 23.3 Å². The van der Waals surface area contributed by atoms with Gasteiger partial charge in [0.25, 0.3) is 11.5 Å². The van der Waals surface area contributed by atoms with Gasteiger partial charge in [-0.3, -0.25) is 9.59 Å².